The van der Waals surface area contributed by atoms with Gasteiger partial charge in [-0.1, -0.05) is 115 Å². The zero-order valence-corrected chi connectivity index (χ0v) is 27.8. The molecule has 11 aromatic rings. The second kappa shape index (κ2) is 11.2. The lowest BCUT2D eigenvalue weighted by molar-refractivity contribution is 0.620. The molecule has 0 amide bonds. The number of aromatic nitrogens is 1. The average Bonchev–Trinajstić information content (AvgIpc) is 3.92. The van der Waals surface area contributed by atoms with E-state index in [0.717, 1.165) is 83.2 Å². The molecular formula is C47H28N2O3. The Labute approximate surface area is 297 Å². The average molecular weight is 669 g/mol. The third kappa shape index (κ3) is 4.33. The van der Waals surface area contributed by atoms with Crippen molar-refractivity contribution in [3.8, 4) is 22.6 Å². The van der Waals surface area contributed by atoms with E-state index in [1.165, 1.54) is 16.3 Å². The third-order valence-electron chi connectivity index (χ3n) is 10.1. The fourth-order valence-electron chi connectivity index (χ4n) is 7.76. The lowest BCUT2D eigenvalue weighted by Crippen LogP contribution is -2.10. The first-order valence-electron chi connectivity index (χ1n) is 17.4. The van der Waals surface area contributed by atoms with Crippen molar-refractivity contribution in [2.45, 2.75) is 0 Å². The Morgan fingerprint density at radius 3 is 1.85 bits per heavy atom. The number of anilines is 3. The smallest absolute Gasteiger partial charge is 0.228 e. The topological polar surface area (TPSA) is 55.6 Å². The quantitative estimate of drug-likeness (QED) is 0.183. The lowest BCUT2D eigenvalue weighted by atomic mass is 9.98. The van der Waals surface area contributed by atoms with Gasteiger partial charge in [0.25, 0.3) is 0 Å². The summed E-state index contributed by atoms with van der Waals surface area (Å²) in [7, 11) is 0. The van der Waals surface area contributed by atoms with E-state index in [0.29, 0.717) is 5.89 Å². The number of nitrogens with zero attached hydrogens (tertiary/aromatic N) is 2. The van der Waals surface area contributed by atoms with E-state index in [2.05, 4.69) is 120 Å². The van der Waals surface area contributed by atoms with E-state index in [-0.39, 0.29) is 0 Å². The molecule has 0 aliphatic heterocycles. The van der Waals surface area contributed by atoms with Gasteiger partial charge in [0.15, 0.2) is 16.7 Å². The van der Waals surface area contributed by atoms with Crippen LogP contribution in [0.5, 0.6) is 0 Å². The minimum atomic E-state index is 0.563. The van der Waals surface area contributed by atoms with Crippen LogP contribution in [0, 0.1) is 0 Å². The Kier molecular flexibility index (Phi) is 6.18. The normalized spacial score (nSPS) is 11.8. The number of fused-ring (bicyclic) bond motifs is 8. The first-order chi connectivity index (χ1) is 25.8. The molecule has 5 nitrogen and oxygen atoms in total. The molecule has 0 saturated heterocycles. The summed E-state index contributed by atoms with van der Waals surface area (Å²) in [5.74, 6) is 0.563. The molecule has 52 heavy (non-hydrogen) atoms. The van der Waals surface area contributed by atoms with E-state index in [9.17, 15) is 0 Å². The van der Waals surface area contributed by atoms with Crippen molar-refractivity contribution in [3.63, 3.8) is 0 Å². The Bertz CT molecular complexity index is 3110. The van der Waals surface area contributed by atoms with Crippen LogP contribution in [-0.4, -0.2) is 4.98 Å². The van der Waals surface area contributed by atoms with Gasteiger partial charge in [-0.2, -0.15) is 0 Å². The van der Waals surface area contributed by atoms with Gasteiger partial charge in [-0.05, 0) is 76.5 Å². The molecule has 3 heterocycles. The van der Waals surface area contributed by atoms with Crippen LogP contribution in [0.1, 0.15) is 0 Å². The molecule has 0 aliphatic rings. The molecule has 8 aromatic carbocycles. The monoisotopic (exact) mass is 668 g/mol. The highest BCUT2D eigenvalue weighted by Crippen LogP contribution is 2.47. The summed E-state index contributed by atoms with van der Waals surface area (Å²) >= 11 is 0. The Hall–Kier alpha value is -7.11. The maximum Gasteiger partial charge on any atom is 0.228 e. The molecule has 244 valence electrons. The number of rotatable bonds is 5. The van der Waals surface area contributed by atoms with Crippen LogP contribution in [-0.2, 0) is 0 Å². The molecule has 3 aromatic heterocycles. The fraction of sp³-hybridized carbons (Fsp3) is 0. The predicted octanol–water partition coefficient (Wildman–Crippen LogP) is 13.6. The number of oxazole rings is 1. The Morgan fingerprint density at radius 2 is 1.00 bits per heavy atom. The summed E-state index contributed by atoms with van der Waals surface area (Å²) in [6, 6.07) is 58.5. The zero-order valence-electron chi connectivity index (χ0n) is 27.8. The lowest BCUT2D eigenvalue weighted by Gasteiger charge is -2.26. The molecule has 0 spiro atoms. The van der Waals surface area contributed by atoms with Crippen LogP contribution in [0.3, 0.4) is 0 Å². The molecule has 5 heteroatoms. The number of furan rings is 2. The summed E-state index contributed by atoms with van der Waals surface area (Å²) in [5, 5.41) is 6.51. The zero-order chi connectivity index (χ0) is 34.2. The first kappa shape index (κ1) is 28.7. The molecule has 0 aliphatic carbocycles. The molecule has 0 N–H and O–H groups in total. The number of para-hydroxylation sites is 5. The van der Waals surface area contributed by atoms with Gasteiger partial charge in [-0.25, -0.2) is 4.98 Å². The van der Waals surface area contributed by atoms with Crippen molar-refractivity contribution in [2.24, 2.45) is 0 Å². The Morgan fingerprint density at radius 1 is 0.404 bits per heavy atom. The van der Waals surface area contributed by atoms with Crippen LogP contribution in [0.15, 0.2) is 183 Å². The van der Waals surface area contributed by atoms with Crippen molar-refractivity contribution in [1.29, 1.82) is 0 Å². The molecule has 11 rings (SSSR count). The van der Waals surface area contributed by atoms with Crippen LogP contribution < -0.4 is 4.90 Å². The number of hydrogen-bond donors (Lipinski definition) is 0. The molecular weight excluding hydrogens is 641 g/mol. The SMILES string of the molecule is c1ccc2c(-c3ccc(N(c4cccc5c4oc4ccccc45)c4cccc5c4oc4cccc(-c6nc7ccccc7o6)c45)cc3)cccc2c1. The molecule has 0 unspecified atom stereocenters. The van der Waals surface area contributed by atoms with Gasteiger partial charge in [-0.15, -0.1) is 0 Å². The van der Waals surface area contributed by atoms with E-state index in [1.807, 2.05) is 54.6 Å². The highest BCUT2D eigenvalue weighted by molar-refractivity contribution is 6.17. The molecule has 0 atom stereocenters. The molecule has 0 radical (unpaired) electrons. The highest BCUT2D eigenvalue weighted by atomic mass is 16.4. The van der Waals surface area contributed by atoms with Crippen LogP contribution >= 0.6 is 0 Å². The van der Waals surface area contributed by atoms with E-state index >= 15 is 0 Å². The largest absolute Gasteiger partial charge is 0.454 e. The van der Waals surface area contributed by atoms with Gasteiger partial charge in [0.2, 0.25) is 5.89 Å². The summed E-state index contributed by atoms with van der Waals surface area (Å²) in [6.45, 7) is 0. The van der Waals surface area contributed by atoms with E-state index in [1.54, 1.807) is 0 Å². The fourth-order valence-corrected chi connectivity index (χ4v) is 7.76. The van der Waals surface area contributed by atoms with Crippen LogP contribution in [0.25, 0.3) is 88.3 Å². The highest BCUT2D eigenvalue weighted by Gasteiger charge is 2.25. The minimum Gasteiger partial charge on any atom is -0.454 e. The van der Waals surface area contributed by atoms with Crippen molar-refractivity contribution < 1.29 is 13.3 Å². The minimum absolute atomic E-state index is 0.563. The molecule has 0 bridgehead atoms. The van der Waals surface area contributed by atoms with Gasteiger partial charge >= 0.3 is 0 Å². The van der Waals surface area contributed by atoms with Gasteiger partial charge in [0.1, 0.15) is 16.7 Å². The molecule has 0 saturated carbocycles. The standard InChI is InChI=1S/C47H28N2O3/c1-2-13-32-29(11-1)12-7-15-33(32)30-25-27-31(28-26-30)49(39-20-8-16-35-34-14-3-5-22-41(34)50-45(35)39)40-21-9-17-36-44-37(18-10-24-43(44)51-46(36)40)47-48-38-19-4-6-23-42(38)52-47/h1-28H. The maximum absolute atomic E-state index is 6.81. The second-order valence-corrected chi connectivity index (χ2v) is 13.1. The van der Waals surface area contributed by atoms with Gasteiger partial charge in [0, 0.05) is 32.8 Å². The Balaban J connectivity index is 1.15. The van der Waals surface area contributed by atoms with Crippen molar-refractivity contribution in [2.75, 3.05) is 4.90 Å². The van der Waals surface area contributed by atoms with E-state index in [4.69, 9.17) is 18.2 Å². The van der Waals surface area contributed by atoms with Crippen molar-refractivity contribution in [1.82, 2.24) is 4.98 Å². The van der Waals surface area contributed by atoms with E-state index < -0.39 is 0 Å². The van der Waals surface area contributed by atoms with Gasteiger partial charge in [0.05, 0.1) is 11.4 Å². The van der Waals surface area contributed by atoms with Crippen molar-refractivity contribution >= 4 is 82.8 Å². The molecule has 0 fully saturated rings. The predicted molar refractivity (Wildman–Crippen MR) is 212 cm³/mol. The first-order valence-corrected chi connectivity index (χ1v) is 17.4. The summed E-state index contributed by atoms with van der Waals surface area (Å²) in [5.41, 5.74) is 10.8. The number of hydrogen-bond acceptors (Lipinski definition) is 5. The number of benzene rings is 8. The van der Waals surface area contributed by atoms with Gasteiger partial charge < -0.3 is 18.2 Å². The van der Waals surface area contributed by atoms with Gasteiger partial charge in [-0.3, -0.25) is 0 Å². The van der Waals surface area contributed by atoms with Crippen LogP contribution in [0.2, 0.25) is 0 Å². The summed E-state index contributed by atoms with van der Waals surface area (Å²) < 4.78 is 19.7. The van der Waals surface area contributed by atoms with Crippen molar-refractivity contribution in [3.05, 3.63) is 170 Å². The maximum atomic E-state index is 6.81. The second-order valence-electron chi connectivity index (χ2n) is 13.1. The van der Waals surface area contributed by atoms with Crippen LogP contribution in [0.4, 0.5) is 17.1 Å². The summed E-state index contributed by atoms with van der Waals surface area (Å²) in [4.78, 5) is 7.10. The summed E-state index contributed by atoms with van der Waals surface area (Å²) in [6.07, 6.45) is 0. The third-order valence-corrected chi connectivity index (χ3v) is 10.1.